The third-order valence-corrected chi connectivity index (χ3v) is 7.46. The van der Waals surface area contributed by atoms with Crippen LogP contribution in [0.15, 0.2) is 52.9 Å². The molecule has 0 radical (unpaired) electrons. The zero-order valence-electron chi connectivity index (χ0n) is 16.8. The second-order valence-electron chi connectivity index (χ2n) is 7.28. The van der Waals surface area contributed by atoms with Gasteiger partial charge in [0.2, 0.25) is 0 Å². The molecule has 0 spiro atoms. The van der Waals surface area contributed by atoms with Gasteiger partial charge in [-0.2, -0.15) is 21.6 Å². The van der Waals surface area contributed by atoms with E-state index in [2.05, 4.69) is 8.91 Å². The summed E-state index contributed by atoms with van der Waals surface area (Å²) in [6.07, 6.45) is 1.83. The van der Waals surface area contributed by atoms with Gasteiger partial charge in [0.25, 0.3) is 10.0 Å². The first-order chi connectivity index (χ1) is 14.2. The standard InChI is InChI=1S/C20H20F3NO5S2/c1-12-4-7-15(8-5-12)30(25,26)24-17-10-11-18(29-31(27,28)20(21,22)23)16-9-6-13(2)14(3)19(16)17/h4-8,10-11,14,24H,9H2,1-3H3. The third kappa shape index (κ3) is 4.57. The number of halogens is 3. The highest BCUT2D eigenvalue weighted by molar-refractivity contribution is 7.92. The van der Waals surface area contributed by atoms with Gasteiger partial charge >= 0.3 is 15.6 Å². The number of allylic oxidation sites excluding steroid dienone is 2. The second-order valence-corrected chi connectivity index (χ2v) is 10.5. The first-order valence-corrected chi connectivity index (χ1v) is 12.0. The molecule has 11 heteroatoms. The molecule has 2 aromatic carbocycles. The van der Waals surface area contributed by atoms with Crippen LogP contribution in [0.25, 0.3) is 0 Å². The number of alkyl halides is 3. The topological polar surface area (TPSA) is 89.5 Å². The van der Waals surface area contributed by atoms with Crippen LogP contribution >= 0.6 is 0 Å². The molecular formula is C20H20F3NO5S2. The molecule has 0 aromatic heterocycles. The number of fused-ring (bicyclic) bond motifs is 1. The number of nitrogens with one attached hydrogen (secondary N) is 1. The fourth-order valence-electron chi connectivity index (χ4n) is 3.27. The van der Waals surface area contributed by atoms with Gasteiger partial charge in [0.15, 0.2) is 0 Å². The minimum Gasteiger partial charge on any atom is -0.376 e. The number of hydrogen-bond donors (Lipinski definition) is 1. The maximum absolute atomic E-state index is 12.8. The molecular weight excluding hydrogens is 455 g/mol. The lowest BCUT2D eigenvalue weighted by Gasteiger charge is -2.27. The van der Waals surface area contributed by atoms with Gasteiger partial charge in [-0.15, -0.1) is 0 Å². The molecule has 1 atom stereocenters. The van der Waals surface area contributed by atoms with E-state index in [4.69, 9.17) is 0 Å². The van der Waals surface area contributed by atoms with E-state index < -0.39 is 31.4 Å². The molecule has 1 aliphatic carbocycles. The van der Waals surface area contributed by atoms with Crippen LogP contribution in [0.1, 0.15) is 36.5 Å². The molecule has 2 aromatic rings. The smallest absolute Gasteiger partial charge is 0.376 e. The fourth-order valence-corrected chi connectivity index (χ4v) is 4.84. The maximum atomic E-state index is 12.8. The van der Waals surface area contributed by atoms with Gasteiger partial charge < -0.3 is 4.18 Å². The van der Waals surface area contributed by atoms with Crippen molar-refractivity contribution < 1.29 is 34.2 Å². The van der Waals surface area contributed by atoms with Crippen molar-refractivity contribution in [3.63, 3.8) is 0 Å². The Morgan fingerprint density at radius 2 is 1.61 bits per heavy atom. The first-order valence-electron chi connectivity index (χ1n) is 9.15. The van der Waals surface area contributed by atoms with Crippen LogP contribution in [0.5, 0.6) is 5.75 Å². The van der Waals surface area contributed by atoms with Crippen molar-refractivity contribution in [2.75, 3.05) is 4.72 Å². The molecule has 0 bridgehead atoms. The SMILES string of the molecule is CC1=CCc2c(OS(=O)(=O)C(F)(F)F)ccc(NS(=O)(=O)c3ccc(C)cc3)c2C1C. The Kier molecular flexibility index (Phi) is 5.87. The number of anilines is 1. The van der Waals surface area contributed by atoms with Gasteiger partial charge in [0, 0.05) is 11.5 Å². The Morgan fingerprint density at radius 3 is 2.19 bits per heavy atom. The van der Waals surface area contributed by atoms with E-state index in [9.17, 15) is 30.0 Å². The van der Waals surface area contributed by atoms with Crippen molar-refractivity contribution in [3.05, 3.63) is 64.7 Å². The molecule has 0 aliphatic heterocycles. The largest absolute Gasteiger partial charge is 0.534 e. The maximum Gasteiger partial charge on any atom is 0.534 e. The van der Waals surface area contributed by atoms with Crippen molar-refractivity contribution in [1.29, 1.82) is 0 Å². The predicted octanol–water partition coefficient (Wildman–Crippen LogP) is 4.63. The molecule has 0 fully saturated rings. The van der Waals surface area contributed by atoms with Crippen molar-refractivity contribution >= 4 is 25.8 Å². The lowest BCUT2D eigenvalue weighted by molar-refractivity contribution is -0.0500. The highest BCUT2D eigenvalue weighted by Gasteiger charge is 2.49. The van der Waals surface area contributed by atoms with E-state index in [0.717, 1.165) is 17.2 Å². The molecule has 1 aliphatic rings. The summed E-state index contributed by atoms with van der Waals surface area (Å²) in [7, 11) is -9.85. The van der Waals surface area contributed by atoms with Gasteiger partial charge in [-0.1, -0.05) is 36.3 Å². The van der Waals surface area contributed by atoms with Crippen LogP contribution in [0.3, 0.4) is 0 Å². The van der Waals surface area contributed by atoms with Crippen LogP contribution < -0.4 is 8.91 Å². The monoisotopic (exact) mass is 475 g/mol. The molecule has 0 amide bonds. The summed E-state index contributed by atoms with van der Waals surface area (Å²) in [5, 5.41) is 0. The van der Waals surface area contributed by atoms with E-state index in [-0.39, 0.29) is 28.5 Å². The zero-order valence-corrected chi connectivity index (χ0v) is 18.5. The van der Waals surface area contributed by atoms with Crippen LogP contribution in [0, 0.1) is 6.92 Å². The Morgan fingerprint density at radius 1 is 1.00 bits per heavy atom. The summed E-state index contributed by atoms with van der Waals surface area (Å²) in [4.78, 5) is 0.0163. The zero-order chi connectivity index (χ0) is 23.2. The number of sulfonamides is 1. The van der Waals surface area contributed by atoms with E-state index in [1.165, 1.54) is 18.2 Å². The minimum absolute atomic E-state index is 0.0163. The average molecular weight is 476 g/mol. The van der Waals surface area contributed by atoms with Crippen LogP contribution in [-0.4, -0.2) is 22.3 Å². The summed E-state index contributed by atoms with van der Waals surface area (Å²) in [5.41, 5.74) is -3.16. The van der Waals surface area contributed by atoms with Gasteiger partial charge in [-0.25, -0.2) is 8.42 Å². The summed E-state index contributed by atoms with van der Waals surface area (Å²) < 4.78 is 93.9. The predicted molar refractivity (Wildman–Crippen MR) is 110 cm³/mol. The Bertz CT molecular complexity index is 1250. The highest BCUT2D eigenvalue weighted by atomic mass is 32.2. The van der Waals surface area contributed by atoms with Crippen LogP contribution in [-0.2, 0) is 26.6 Å². The molecule has 0 heterocycles. The summed E-state index contributed by atoms with van der Waals surface area (Å²) in [6, 6.07) is 8.38. The Balaban J connectivity index is 2.09. The van der Waals surface area contributed by atoms with Gasteiger partial charge in [-0.05, 0) is 50.1 Å². The van der Waals surface area contributed by atoms with E-state index >= 15 is 0 Å². The Labute approximate surface area is 178 Å². The molecule has 3 rings (SSSR count). The van der Waals surface area contributed by atoms with E-state index in [1.807, 2.05) is 6.92 Å². The molecule has 0 saturated carbocycles. The quantitative estimate of drug-likeness (QED) is 0.387. The molecule has 1 N–H and O–H groups in total. The summed E-state index contributed by atoms with van der Waals surface area (Å²) in [5.74, 6) is -0.863. The third-order valence-electron chi connectivity index (χ3n) is 5.12. The van der Waals surface area contributed by atoms with Crippen molar-refractivity contribution in [2.24, 2.45) is 0 Å². The van der Waals surface area contributed by atoms with Crippen molar-refractivity contribution in [3.8, 4) is 5.75 Å². The van der Waals surface area contributed by atoms with Crippen molar-refractivity contribution in [2.45, 2.75) is 43.5 Å². The molecule has 1 unspecified atom stereocenters. The van der Waals surface area contributed by atoms with Gasteiger partial charge in [-0.3, -0.25) is 4.72 Å². The normalized spacial score (nSPS) is 17.0. The number of aryl methyl sites for hydroxylation is 1. The molecule has 31 heavy (non-hydrogen) atoms. The summed E-state index contributed by atoms with van der Waals surface area (Å²) in [6.45, 7) is 5.35. The Hall–Kier alpha value is -2.53. The van der Waals surface area contributed by atoms with Gasteiger partial charge in [0.05, 0.1) is 10.6 Å². The van der Waals surface area contributed by atoms with Crippen LogP contribution in [0.4, 0.5) is 18.9 Å². The number of hydrogen-bond acceptors (Lipinski definition) is 5. The van der Waals surface area contributed by atoms with Crippen molar-refractivity contribution in [1.82, 2.24) is 0 Å². The van der Waals surface area contributed by atoms with E-state index in [1.54, 1.807) is 32.1 Å². The lowest BCUT2D eigenvalue weighted by atomic mass is 9.82. The fraction of sp³-hybridized carbons (Fsp3) is 0.300. The average Bonchev–Trinajstić information content (AvgIpc) is 2.65. The lowest BCUT2D eigenvalue weighted by Crippen LogP contribution is -2.28. The molecule has 0 saturated heterocycles. The van der Waals surface area contributed by atoms with Gasteiger partial charge in [0.1, 0.15) is 5.75 Å². The second kappa shape index (κ2) is 7.86. The molecule has 6 nitrogen and oxygen atoms in total. The van der Waals surface area contributed by atoms with E-state index in [0.29, 0.717) is 5.56 Å². The summed E-state index contributed by atoms with van der Waals surface area (Å²) >= 11 is 0. The minimum atomic E-state index is -5.87. The number of rotatable bonds is 5. The van der Waals surface area contributed by atoms with Crippen LogP contribution in [0.2, 0.25) is 0 Å². The number of benzene rings is 2. The first kappa shape index (κ1) is 23.1. The highest BCUT2D eigenvalue weighted by Crippen LogP contribution is 2.43. The molecule has 168 valence electrons.